The summed E-state index contributed by atoms with van der Waals surface area (Å²) in [6, 6.07) is 0. The highest BCUT2D eigenvalue weighted by molar-refractivity contribution is 7.89. The maximum absolute atomic E-state index is 12.8. The zero-order valence-corrected chi connectivity index (χ0v) is 16.3. The van der Waals surface area contributed by atoms with Crippen LogP contribution in [0.15, 0.2) is 0 Å². The smallest absolute Gasteiger partial charge is 0.230 e. The fourth-order valence-electron chi connectivity index (χ4n) is 2.95. The number of ether oxygens (including phenoxy) is 1. The van der Waals surface area contributed by atoms with E-state index in [4.69, 9.17) is 10.5 Å². The maximum Gasteiger partial charge on any atom is 0.230 e. The van der Waals surface area contributed by atoms with Crippen molar-refractivity contribution in [3.05, 3.63) is 0 Å². The molecule has 1 fully saturated rings. The van der Waals surface area contributed by atoms with Gasteiger partial charge in [0.1, 0.15) is 0 Å². The molecule has 0 bridgehead atoms. The molecule has 8 heteroatoms. The van der Waals surface area contributed by atoms with Gasteiger partial charge in [0.05, 0.1) is 23.9 Å². The lowest BCUT2D eigenvalue weighted by atomic mass is 9.81. The van der Waals surface area contributed by atoms with Crippen LogP contribution < -0.4 is 5.73 Å². The highest BCUT2D eigenvalue weighted by Crippen LogP contribution is 2.28. The Morgan fingerprint density at radius 2 is 1.71 bits per heavy atom. The van der Waals surface area contributed by atoms with Crippen LogP contribution in [0.25, 0.3) is 0 Å². The molecule has 0 atom stereocenters. The molecular formula is C16H33N3O4S. The average Bonchev–Trinajstić information content (AvgIpc) is 2.56. The molecule has 0 aromatic rings. The Bertz CT molecular complexity index is 487. The van der Waals surface area contributed by atoms with Crippen molar-refractivity contribution >= 4 is 15.9 Å². The number of piperazine rings is 1. The van der Waals surface area contributed by atoms with Crippen molar-refractivity contribution in [3.8, 4) is 0 Å². The summed E-state index contributed by atoms with van der Waals surface area (Å²) in [5, 5.41) is 0. The van der Waals surface area contributed by atoms with Gasteiger partial charge in [-0.2, -0.15) is 4.31 Å². The highest BCUT2D eigenvalue weighted by Gasteiger charge is 2.39. The summed E-state index contributed by atoms with van der Waals surface area (Å²) in [5.41, 5.74) is 5.32. The summed E-state index contributed by atoms with van der Waals surface area (Å²) in [4.78, 5) is 14.5. The SMILES string of the molecule is CCC(CC)(CN)C(=O)N1CCN(S(=O)(=O)CCOC(C)C)CC1. The molecule has 0 radical (unpaired) electrons. The monoisotopic (exact) mass is 363 g/mol. The standard InChI is InChI=1S/C16H33N3O4S/c1-5-16(6-2,13-17)15(20)18-7-9-19(10-8-18)24(21,22)12-11-23-14(3)4/h14H,5-13,17H2,1-4H3. The first-order chi connectivity index (χ1) is 11.2. The third-order valence-corrected chi connectivity index (χ3v) is 6.74. The van der Waals surface area contributed by atoms with Crippen LogP contribution in [-0.2, 0) is 19.6 Å². The number of sulfonamides is 1. The molecule has 7 nitrogen and oxygen atoms in total. The van der Waals surface area contributed by atoms with Gasteiger partial charge < -0.3 is 15.4 Å². The van der Waals surface area contributed by atoms with Crippen LogP contribution in [0.4, 0.5) is 0 Å². The third kappa shape index (κ3) is 5.15. The first-order valence-electron chi connectivity index (χ1n) is 8.81. The summed E-state index contributed by atoms with van der Waals surface area (Å²) in [6.45, 7) is 9.74. The lowest BCUT2D eigenvalue weighted by molar-refractivity contribution is -0.143. The molecule has 0 unspecified atom stereocenters. The number of nitrogens with zero attached hydrogens (tertiary/aromatic N) is 2. The molecule has 24 heavy (non-hydrogen) atoms. The highest BCUT2D eigenvalue weighted by atomic mass is 32.2. The second-order valence-corrected chi connectivity index (χ2v) is 8.71. The van der Waals surface area contributed by atoms with Gasteiger partial charge in [-0.1, -0.05) is 13.8 Å². The fourth-order valence-corrected chi connectivity index (χ4v) is 4.24. The van der Waals surface area contributed by atoms with Crippen molar-refractivity contribution < 1.29 is 17.9 Å². The molecule has 0 aliphatic carbocycles. The number of hydrogen-bond donors (Lipinski definition) is 1. The van der Waals surface area contributed by atoms with Gasteiger partial charge >= 0.3 is 0 Å². The van der Waals surface area contributed by atoms with E-state index in [9.17, 15) is 13.2 Å². The number of rotatable bonds is 9. The Hall–Kier alpha value is -0.700. The Morgan fingerprint density at radius 3 is 2.12 bits per heavy atom. The van der Waals surface area contributed by atoms with E-state index in [1.807, 2.05) is 27.7 Å². The molecule has 0 aromatic heterocycles. The number of nitrogens with two attached hydrogens (primary N) is 1. The van der Waals surface area contributed by atoms with Crippen LogP contribution in [0, 0.1) is 5.41 Å². The molecule has 0 aromatic carbocycles. The van der Waals surface area contributed by atoms with Gasteiger partial charge in [0, 0.05) is 32.7 Å². The Balaban J connectivity index is 2.61. The molecule has 1 saturated heterocycles. The van der Waals surface area contributed by atoms with Gasteiger partial charge in [-0.05, 0) is 26.7 Å². The predicted octanol–water partition coefficient (Wildman–Crippen LogP) is 0.651. The molecule has 1 heterocycles. The van der Waals surface area contributed by atoms with Gasteiger partial charge in [0.25, 0.3) is 0 Å². The molecule has 142 valence electrons. The summed E-state index contributed by atoms with van der Waals surface area (Å²) in [7, 11) is -3.33. The van der Waals surface area contributed by atoms with Crippen molar-refractivity contribution in [2.24, 2.45) is 11.1 Å². The summed E-state index contributed by atoms with van der Waals surface area (Å²) < 4.78 is 31.5. The van der Waals surface area contributed by atoms with Gasteiger partial charge in [0.2, 0.25) is 15.9 Å². The summed E-state index contributed by atoms with van der Waals surface area (Å²) in [5.74, 6) is 0.0330. The molecule has 1 rings (SSSR count). The first kappa shape index (κ1) is 21.3. The predicted molar refractivity (Wildman–Crippen MR) is 95.1 cm³/mol. The molecule has 1 amide bonds. The van der Waals surface area contributed by atoms with Gasteiger partial charge in [0.15, 0.2) is 0 Å². The third-order valence-electron chi connectivity index (χ3n) is 4.91. The average molecular weight is 364 g/mol. The molecule has 2 N–H and O–H groups in total. The van der Waals surface area contributed by atoms with Crippen LogP contribution in [0.2, 0.25) is 0 Å². The normalized spacial score (nSPS) is 17.5. The van der Waals surface area contributed by atoms with E-state index in [0.717, 1.165) is 0 Å². The summed E-state index contributed by atoms with van der Waals surface area (Å²) >= 11 is 0. The van der Waals surface area contributed by atoms with Gasteiger partial charge in [-0.3, -0.25) is 4.79 Å². The molecular weight excluding hydrogens is 330 g/mol. The van der Waals surface area contributed by atoms with Crippen LogP contribution in [-0.4, -0.2) is 74.7 Å². The van der Waals surface area contributed by atoms with Crippen molar-refractivity contribution in [1.82, 2.24) is 9.21 Å². The van der Waals surface area contributed by atoms with Crippen LogP contribution in [0.3, 0.4) is 0 Å². The van der Waals surface area contributed by atoms with E-state index < -0.39 is 15.4 Å². The van der Waals surface area contributed by atoms with E-state index in [1.54, 1.807) is 4.90 Å². The topological polar surface area (TPSA) is 92.9 Å². The van der Waals surface area contributed by atoms with Crippen LogP contribution >= 0.6 is 0 Å². The molecule has 0 spiro atoms. The zero-order chi connectivity index (χ0) is 18.4. The molecule has 0 saturated carbocycles. The van der Waals surface area contributed by atoms with Gasteiger partial charge in [-0.25, -0.2) is 8.42 Å². The van der Waals surface area contributed by atoms with E-state index in [1.165, 1.54) is 4.31 Å². The van der Waals surface area contributed by atoms with Gasteiger partial charge in [-0.15, -0.1) is 0 Å². The Morgan fingerprint density at radius 1 is 1.17 bits per heavy atom. The van der Waals surface area contributed by atoms with Crippen molar-refractivity contribution in [2.75, 3.05) is 45.1 Å². The van der Waals surface area contributed by atoms with Crippen molar-refractivity contribution in [2.45, 2.75) is 46.6 Å². The quantitative estimate of drug-likeness (QED) is 0.649. The zero-order valence-electron chi connectivity index (χ0n) is 15.5. The maximum atomic E-state index is 12.8. The number of carbonyl (C=O) groups is 1. The Labute approximate surface area is 146 Å². The van der Waals surface area contributed by atoms with Crippen molar-refractivity contribution in [3.63, 3.8) is 0 Å². The van der Waals surface area contributed by atoms with Crippen molar-refractivity contribution in [1.29, 1.82) is 0 Å². The number of hydrogen-bond acceptors (Lipinski definition) is 5. The first-order valence-corrected chi connectivity index (χ1v) is 10.4. The second kappa shape index (κ2) is 9.12. The summed E-state index contributed by atoms with van der Waals surface area (Å²) in [6.07, 6.45) is 1.41. The van der Waals surface area contributed by atoms with E-state index in [0.29, 0.717) is 45.6 Å². The van der Waals surface area contributed by atoms with E-state index in [2.05, 4.69) is 0 Å². The van der Waals surface area contributed by atoms with E-state index in [-0.39, 0.29) is 24.4 Å². The number of carbonyl (C=O) groups excluding carboxylic acids is 1. The molecule has 1 aliphatic heterocycles. The largest absolute Gasteiger partial charge is 0.378 e. The van der Waals surface area contributed by atoms with Crippen LogP contribution in [0.1, 0.15) is 40.5 Å². The minimum absolute atomic E-state index is 0.0159. The second-order valence-electron chi connectivity index (χ2n) is 6.62. The van der Waals surface area contributed by atoms with Crippen LogP contribution in [0.5, 0.6) is 0 Å². The minimum Gasteiger partial charge on any atom is -0.378 e. The Kier molecular flexibility index (Phi) is 8.11. The van der Waals surface area contributed by atoms with E-state index >= 15 is 0 Å². The molecule has 1 aliphatic rings. The lowest BCUT2D eigenvalue weighted by Crippen LogP contribution is -2.56. The number of amides is 1. The minimum atomic E-state index is -3.33. The fraction of sp³-hybridized carbons (Fsp3) is 0.938. The lowest BCUT2D eigenvalue weighted by Gasteiger charge is -2.39.